The lowest BCUT2D eigenvalue weighted by Gasteiger charge is -2.29. The molecule has 0 fully saturated rings. The molecule has 7 nitrogen and oxygen atoms in total. The van der Waals surface area contributed by atoms with Crippen molar-refractivity contribution in [2.45, 2.75) is 51.9 Å². The molecule has 5 rings (SSSR count). The molecular formula is C31H31Cl2N5O2S. The highest BCUT2D eigenvalue weighted by atomic mass is 35.5. The third kappa shape index (κ3) is 6.56. The van der Waals surface area contributed by atoms with Gasteiger partial charge in [-0.3, -0.25) is 4.79 Å². The van der Waals surface area contributed by atoms with Crippen LogP contribution in [0.4, 0.5) is 11.6 Å². The van der Waals surface area contributed by atoms with Gasteiger partial charge in [-0.2, -0.15) is 4.98 Å². The zero-order chi connectivity index (χ0) is 29.1. The fourth-order valence-electron chi connectivity index (χ4n) is 4.71. The Hall–Kier alpha value is -3.46. The van der Waals surface area contributed by atoms with Gasteiger partial charge in [-0.25, -0.2) is 4.68 Å². The summed E-state index contributed by atoms with van der Waals surface area (Å²) >= 11 is 14.0. The molecule has 3 aromatic carbocycles. The number of benzene rings is 3. The van der Waals surface area contributed by atoms with Crippen molar-refractivity contribution >= 4 is 52.5 Å². The maximum atomic E-state index is 13.9. The molecule has 10 heteroatoms. The van der Waals surface area contributed by atoms with Gasteiger partial charge in [0, 0.05) is 32.7 Å². The molecule has 0 bridgehead atoms. The van der Waals surface area contributed by atoms with Crippen molar-refractivity contribution < 1.29 is 9.53 Å². The molecule has 2 N–H and O–H groups in total. The normalized spacial score (nSPS) is 14.4. The highest BCUT2D eigenvalue weighted by Gasteiger charge is 2.34. The Morgan fingerprint density at radius 2 is 1.93 bits per heavy atom. The fourth-order valence-corrected chi connectivity index (χ4v) is 5.85. The van der Waals surface area contributed by atoms with Crippen molar-refractivity contribution in [2.75, 3.05) is 16.4 Å². The number of nitrogens with one attached hydrogen (secondary N) is 2. The molecule has 41 heavy (non-hydrogen) atoms. The van der Waals surface area contributed by atoms with E-state index in [0.29, 0.717) is 38.2 Å². The standard InChI is InChI=1S/C31H31Cl2N5O2S/c1-5-13-41-31-36-30-34-20(4)27(29(39)35-26-12-9-18(2)14-19(26)3)28(38(30)37-31)21-7-6-8-24(15-21)40-17-22-10-11-23(32)16-25(22)33/h6-12,14-16,28H,5,13,17H2,1-4H3,(H,35,39)(H,34,36,37). The molecule has 0 aliphatic carbocycles. The first-order valence-electron chi connectivity index (χ1n) is 13.4. The van der Waals surface area contributed by atoms with Gasteiger partial charge in [-0.05, 0) is 68.7 Å². The molecule has 1 atom stereocenters. The summed E-state index contributed by atoms with van der Waals surface area (Å²) in [5, 5.41) is 13.0. The molecule has 1 aliphatic heterocycles. The molecule has 2 heterocycles. The second kappa shape index (κ2) is 12.6. The van der Waals surface area contributed by atoms with Crippen LogP contribution in [0.1, 0.15) is 48.6 Å². The van der Waals surface area contributed by atoms with Crippen LogP contribution in [-0.2, 0) is 11.4 Å². The van der Waals surface area contributed by atoms with E-state index in [4.69, 9.17) is 38.0 Å². The first kappa shape index (κ1) is 29.0. The molecular weight excluding hydrogens is 577 g/mol. The number of aromatic nitrogens is 3. The lowest BCUT2D eigenvalue weighted by molar-refractivity contribution is -0.113. The number of allylic oxidation sites excluding steroid dienone is 1. The minimum Gasteiger partial charge on any atom is -0.489 e. The van der Waals surface area contributed by atoms with Crippen molar-refractivity contribution in [2.24, 2.45) is 0 Å². The van der Waals surface area contributed by atoms with Gasteiger partial charge in [0.2, 0.25) is 11.1 Å². The van der Waals surface area contributed by atoms with Gasteiger partial charge in [-0.15, -0.1) is 5.10 Å². The number of thioether (sulfide) groups is 1. The summed E-state index contributed by atoms with van der Waals surface area (Å²) in [7, 11) is 0. The maximum absolute atomic E-state index is 13.9. The predicted octanol–water partition coefficient (Wildman–Crippen LogP) is 8.21. The lowest BCUT2D eigenvalue weighted by atomic mass is 9.94. The average molecular weight is 609 g/mol. The quantitative estimate of drug-likeness (QED) is 0.187. The van der Waals surface area contributed by atoms with Crippen LogP contribution >= 0.6 is 35.0 Å². The Morgan fingerprint density at radius 3 is 2.68 bits per heavy atom. The molecule has 1 aliphatic rings. The van der Waals surface area contributed by atoms with Gasteiger partial charge in [0.1, 0.15) is 18.4 Å². The summed E-state index contributed by atoms with van der Waals surface area (Å²) in [5.74, 6) is 1.92. The van der Waals surface area contributed by atoms with Crippen molar-refractivity contribution in [1.82, 2.24) is 14.8 Å². The molecule has 1 amide bonds. The van der Waals surface area contributed by atoms with E-state index < -0.39 is 6.04 Å². The number of hydrogen-bond donors (Lipinski definition) is 2. The van der Waals surface area contributed by atoms with Crippen molar-refractivity contribution in [1.29, 1.82) is 0 Å². The van der Waals surface area contributed by atoms with Gasteiger partial charge < -0.3 is 15.4 Å². The summed E-state index contributed by atoms with van der Waals surface area (Å²) in [5.41, 5.74) is 5.82. The molecule has 0 saturated heterocycles. The van der Waals surface area contributed by atoms with Crippen LogP contribution in [-0.4, -0.2) is 26.4 Å². The van der Waals surface area contributed by atoms with Crippen LogP contribution in [0.15, 0.2) is 77.1 Å². The van der Waals surface area contributed by atoms with E-state index in [2.05, 4.69) is 17.6 Å². The van der Waals surface area contributed by atoms with Gasteiger partial charge in [0.25, 0.3) is 5.91 Å². The summed E-state index contributed by atoms with van der Waals surface area (Å²) in [6, 6.07) is 18.5. The average Bonchev–Trinajstić information content (AvgIpc) is 3.34. The SMILES string of the molecule is CCCSc1nc2n(n1)C(c1cccc(OCc3ccc(Cl)cc3Cl)c1)C(C(=O)Nc1ccc(C)cc1C)=C(C)N2. The second-order valence-corrected chi connectivity index (χ2v) is 11.9. The number of carbonyl (C=O) groups excluding carboxylic acids is 1. The number of aryl methyl sites for hydroxylation is 2. The molecule has 0 radical (unpaired) electrons. The Balaban J connectivity index is 1.50. The Labute approximate surface area is 254 Å². The van der Waals surface area contributed by atoms with Gasteiger partial charge in [0.15, 0.2) is 0 Å². The predicted molar refractivity (Wildman–Crippen MR) is 167 cm³/mol. The van der Waals surface area contributed by atoms with Crippen LogP contribution in [0.3, 0.4) is 0 Å². The third-order valence-electron chi connectivity index (χ3n) is 6.73. The van der Waals surface area contributed by atoms with E-state index in [0.717, 1.165) is 40.1 Å². The summed E-state index contributed by atoms with van der Waals surface area (Å²) < 4.78 is 7.92. The number of fused-ring (bicyclic) bond motifs is 1. The number of anilines is 2. The van der Waals surface area contributed by atoms with Crippen LogP contribution in [0.5, 0.6) is 5.75 Å². The Bertz CT molecular complexity index is 1630. The Kier molecular flexibility index (Phi) is 8.92. The monoisotopic (exact) mass is 607 g/mol. The zero-order valence-corrected chi connectivity index (χ0v) is 25.6. The molecule has 0 spiro atoms. The minimum atomic E-state index is -0.525. The van der Waals surface area contributed by atoms with E-state index in [1.807, 2.05) is 69.3 Å². The largest absolute Gasteiger partial charge is 0.489 e. The Morgan fingerprint density at radius 1 is 1.10 bits per heavy atom. The summed E-state index contributed by atoms with van der Waals surface area (Å²) in [6.45, 7) is 8.30. The van der Waals surface area contributed by atoms with Gasteiger partial charge in [-0.1, -0.05) is 77.8 Å². The summed E-state index contributed by atoms with van der Waals surface area (Å²) in [4.78, 5) is 18.6. The van der Waals surface area contributed by atoms with E-state index in [9.17, 15) is 4.79 Å². The number of nitrogens with zero attached hydrogens (tertiary/aromatic N) is 3. The number of rotatable bonds is 9. The third-order valence-corrected chi connectivity index (χ3v) is 8.36. The van der Waals surface area contributed by atoms with Crippen molar-refractivity contribution in [3.63, 3.8) is 0 Å². The smallest absolute Gasteiger partial charge is 0.255 e. The first-order valence-corrected chi connectivity index (χ1v) is 15.1. The first-order chi connectivity index (χ1) is 19.7. The van der Waals surface area contributed by atoms with E-state index in [1.54, 1.807) is 28.6 Å². The van der Waals surface area contributed by atoms with Crippen molar-refractivity contribution in [3.05, 3.63) is 104 Å². The molecule has 212 valence electrons. The number of carbonyl (C=O) groups is 1. The topological polar surface area (TPSA) is 81.1 Å². The highest BCUT2D eigenvalue weighted by Crippen LogP contribution is 2.38. The lowest BCUT2D eigenvalue weighted by Crippen LogP contribution is -2.31. The highest BCUT2D eigenvalue weighted by molar-refractivity contribution is 7.99. The number of hydrogen-bond acceptors (Lipinski definition) is 6. The number of ether oxygens (including phenoxy) is 1. The number of halogens is 2. The molecule has 1 unspecified atom stereocenters. The van der Waals surface area contributed by atoms with Crippen LogP contribution in [0, 0.1) is 13.8 Å². The van der Waals surface area contributed by atoms with Gasteiger partial charge >= 0.3 is 0 Å². The summed E-state index contributed by atoms with van der Waals surface area (Å²) in [6.07, 6.45) is 1.00. The fraction of sp³-hybridized carbons (Fsp3) is 0.258. The molecule has 1 aromatic heterocycles. The van der Waals surface area contributed by atoms with Crippen LogP contribution in [0.25, 0.3) is 0 Å². The van der Waals surface area contributed by atoms with Crippen LogP contribution in [0.2, 0.25) is 10.0 Å². The molecule has 0 saturated carbocycles. The maximum Gasteiger partial charge on any atom is 0.255 e. The van der Waals surface area contributed by atoms with E-state index in [1.165, 1.54) is 0 Å². The van der Waals surface area contributed by atoms with E-state index in [-0.39, 0.29) is 12.5 Å². The van der Waals surface area contributed by atoms with E-state index >= 15 is 0 Å². The van der Waals surface area contributed by atoms with Crippen molar-refractivity contribution in [3.8, 4) is 5.75 Å². The zero-order valence-electron chi connectivity index (χ0n) is 23.3. The molecule has 4 aromatic rings. The van der Waals surface area contributed by atoms with Gasteiger partial charge in [0.05, 0.1) is 5.57 Å². The minimum absolute atomic E-state index is 0.213. The van der Waals surface area contributed by atoms with Crippen LogP contribution < -0.4 is 15.4 Å². The number of amides is 1. The second-order valence-electron chi connectivity index (χ2n) is 9.95.